The first-order valence-electron chi connectivity index (χ1n) is 7.09. The summed E-state index contributed by atoms with van der Waals surface area (Å²) >= 11 is 0. The Balaban J connectivity index is 2.60. The molecule has 1 aliphatic rings. The summed E-state index contributed by atoms with van der Waals surface area (Å²) in [6.45, 7) is 8.76. The Bertz CT molecular complexity index is 476. The molecule has 4 nitrogen and oxygen atoms in total. The fraction of sp³-hybridized carbons (Fsp3) is 0.533. The van der Waals surface area contributed by atoms with Crippen LogP contribution < -0.4 is 0 Å². The van der Waals surface area contributed by atoms with E-state index in [1.54, 1.807) is 6.21 Å². The SMILES string of the molecule is C=C1CC(C(=O)BCCCN(C)C)=N/C1=C(C)/N=C\C. The molecule has 1 aliphatic heterocycles. The van der Waals surface area contributed by atoms with Crippen molar-refractivity contribution >= 4 is 24.9 Å². The van der Waals surface area contributed by atoms with Gasteiger partial charge >= 0.3 is 0 Å². The summed E-state index contributed by atoms with van der Waals surface area (Å²) in [5, 5.41) is 0. The van der Waals surface area contributed by atoms with Crippen LogP contribution in [-0.2, 0) is 4.79 Å². The number of rotatable bonds is 7. The molecule has 0 saturated carbocycles. The topological polar surface area (TPSA) is 45.0 Å². The molecule has 0 aliphatic carbocycles. The molecule has 0 aromatic rings. The Morgan fingerprint density at radius 3 is 2.85 bits per heavy atom. The predicted octanol–water partition coefficient (Wildman–Crippen LogP) is 2.04. The molecule has 0 N–H and O–H groups in total. The van der Waals surface area contributed by atoms with Crippen LogP contribution in [0, 0.1) is 0 Å². The predicted molar refractivity (Wildman–Crippen MR) is 88.2 cm³/mol. The van der Waals surface area contributed by atoms with Gasteiger partial charge in [0.1, 0.15) is 5.68 Å². The molecule has 0 amide bonds. The molecule has 0 unspecified atom stereocenters. The number of carbonyl (C=O) groups excluding carboxylic acids is 1. The van der Waals surface area contributed by atoms with Gasteiger partial charge in [-0.3, -0.25) is 4.99 Å². The average Bonchev–Trinajstić information content (AvgIpc) is 2.76. The molecule has 20 heavy (non-hydrogen) atoms. The third-order valence-electron chi connectivity index (χ3n) is 3.21. The lowest BCUT2D eigenvalue weighted by Crippen LogP contribution is -2.20. The normalized spacial score (nSPS) is 17.9. The van der Waals surface area contributed by atoms with Crippen molar-refractivity contribution in [1.29, 1.82) is 0 Å². The van der Waals surface area contributed by atoms with E-state index in [-0.39, 0.29) is 5.68 Å². The molecule has 0 radical (unpaired) electrons. The highest BCUT2D eigenvalue weighted by Gasteiger charge is 2.22. The van der Waals surface area contributed by atoms with Crippen molar-refractivity contribution in [2.75, 3.05) is 20.6 Å². The first-order chi connectivity index (χ1) is 9.45. The summed E-state index contributed by atoms with van der Waals surface area (Å²) in [5.74, 6) is 0. The monoisotopic (exact) mass is 273 g/mol. The molecular weight excluding hydrogens is 249 g/mol. The molecule has 1 heterocycles. The minimum atomic E-state index is 0.146. The fourth-order valence-corrected chi connectivity index (χ4v) is 2.15. The number of carbonyl (C=O) groups is 1. The first kappa shape index (κ1) is 16.6. The zero-order valence-electron chi connectivity index (χ0n) is 13.1. The van der Waals surface area contributed by atoms with Crippen LogP contribution in [0.2, 0.25) is 6.32 Å². The quantitative estimate of drug-likeness (QED) is 0.405. The number of hydrogen-bond donors (Lipinski definition) is 0. The summed E-state index contributed by atoms with van der Waals surface area (Å²) in [6.07, 6.45) is 4.24. The van der Waals surface area contributed by atoms with Crippen LogP contribution >= 0.6 is 0 Å². The van der Waals surface area contributed by atoms with Crippen molar-refractivity contribution in [3.05, 3.63) is 23.5 Å². The van der Waals surface area contributed by atoms with Crippen molar-refractivity contribution in [2.45, 2.75) is 33.0 Å². The van der Waals surface area contributed by atoms with E-state index < -0.39 is 0 Å². The zero-order chi connectivity index (χ0) is 15.1. The van der Waals surface area contributed by atoms with E-state index in [0.717, 1.165) is 36.3 Å². The van der Waals surface area contributed by atoms with Crippen LogP contribution in [0.25, 0.3) is 0 Å². The van der Waals surface area contributed by atoms with Crippen LogP contribution in [0.1, 0.15) is 26.7 Å². The molecule has 0 fully saturated rings. The molecule has 0 aromatic carbocycles. The van der Waals surface area contributed by atoms with E-state index in [9.17, 15) is 4.79 Å². The number of hydrogen-bond acceptors (Lipinski definition) is 4. The Morgan fingerprint density at radius 2 is 2.25 bits per heavy atom. The van der Waals surface area contributed by atoms with Gasteiger partial charge in [0.05, 0.1) is 17.1 Å². The van der Waals surface area contributed by atoms with Crippen molar-refractivity contribution < 1.29 is 4.79 Å². The molecule has 0 atom stereocenters. The largest absolute Gasteiger partial charge is 0.309 e. The second-order valence-electron chi connectivity index (χ2n) is 5.34. The number of aliphatic imine (C=N–C) groups is 2. The van der Waals surface area contributed by atoms with Gasteiger partial charge in [0.25, 0.3) is 0 Å². The molecule has 0 bridgehead atoms. The lowest BCUT2D eigenvalue weighted by Gasteiger charge is -2.07. The number of allylic oxidation sites excluding steroid dienone is 2. The van der Waals surface area contributed by atoms with Crippen molar-refractivity contribution in [3.8, 4) is 0 Å². The molecule has 1 rings (SSSR count). The van der Waals surface area contributed by atoms with Crippen LogP contribution in [0.4, 0.5) is 0 Å². The van der Waals surface area contributed by atoms with Crippen LogP contribution in [0.3, 0.4) is 0 Å². The van der Waals surface area contributed by atoms with E-state index in [2.05, 4.69) is 21.5 Å². The third kappa shape index (κ3) is 4.89. The molecule has 108 valence electrons. The number of nitrogens with zero attached hydrogens (tertiary/aromatic N) is 3. The standard InChI is InChI=1S/C15H24BN3O/c1-6-17-12(3)14-11(2)10-13(18-14)15(20)16-8-7-9-19(4)5/h6,16H,2,7-10H2,1,3-5H3/b14-12+,17-6-. The van der Waals surface area contributed by atoms with E-state index >= 15 is 0 Å². The zero-order valence-corrected chi connectivity index (χ0v) is 13.1. The van der Waals surface area contributed by atoms with E-state index in [0.29, 0.717) is 19.4 Å². The van der Waals surface area contributed by atoms with Crippen molar-refractivity contribution in [1.82, 2.24) is 4.90 Å². The highest BCUT2D eigenvalue weighted by atomic mass is 16.1. The van der Waals surface area contributed by atoms with Gasteiger partial charge in [-0.2, -0.15) is 0 Å². The minimum absolute atomic E-state index is 0.146. The Labute approximate surface area is 122 Å². The van der Waals surface area contributed by atoms with Gasteiger partial charge in [-0.1, -0.05) is 12.9 Å². The summed E-state index contributed by atoms with van der Waals surface area (Å²) in [5.41, 5.74) is 3.28. The van der Waals surface area contributed by atoms with Crippen LogP contribution in [-0.4, -0.2) is 50.4 Å². The molecule has 0 aromatic heterocycles. The van der Waals surface area contributed by atoms with E-state index in [4.69, 9.17) is 0 Å². The van der Waals surface area contributed by atoms with E-state index in [1.807, 2.05) is 27.9 Å². The van der Waals surface area contributed by atoms with Crippen molar-refractivity contribution in [2.24, 2.45) is 9.98 Å². The lowest BCUT2D eigenvalue weighted by atomic mass is 9.66. The van der Waals surface area contributed by atoms with Crippen LogP contribution in [0.5, 0.6) is 0 Å². The highest BCUT2D eigenvalue weighted by molar-refractivity contribution is 6.89. The molecule has 0 saturated heterocycles. The second-order valence-corrected chi connectivity index (χ2v) is 5.34. The second kappa shape index (κ2) is 7.95. The van der Waals surface area contributed by atoms with Crippen molar-refractivity contribution in [3.63, 3.8) is 0 Å². The van der Waals surface area contributed by atoms with Gasteiger partial charge in [0.15, 0.2) is 0 Å². The van der Waals surface area contributed by atoms with E-state index in [1.165, 1.54) is 0 Å². The molecule has 0 spiro atoms. The Hall–Kier alpha value is -1.49. The maximum Gasteiger partial charge on any atom is 0.213 e. The maximum atomic E-state index is 12.1. The van der Waals surface area contributed by atoms with Gasteiger partial charge < -0.3 is 9.69 Å². The molecule has 5 heteroatoms. The summed E-state index contributed by atoms with van der Waals surface area (Å²) in [7, 11) is 4.66. The summed E-state index contributed by atoms with van der Waals surface area (Å²) < 4.78 is 0. The lowest BCUT2D eigenvalue weighted by molar-refractivity contribution is -0.106. The highest BCUT2D eigenvalue weighted by Crippen LogP contribution is 2.26. The molecular formula is C15H24BN3O. The van der Waals surface area contributed by atoms with Gasteiger partial charge in [0.2, 0.25) is 7.28 Å². The van der Waals surface area contributed by atoms with Gasteiger partial charge in [-0.05, 0) is 46.5 Å². The van der Waals surface area contributed by atoms with Gasteiger partial charge in [-0.15, -0.1) is 0 Å². The summed E-state index contributed by atoms with van der Waals surface area (Å²) in [6, 6.07) is 0. The first-order valence-corrected chi connectivity index (χ1v) is 7.09. The maximum absolute atomic E-state index is 12.1. The Kier molecular flexibility index (Phi) is 6.59. The van der Waals surface area contributed by atoms with Gasteiger partial charge in [0, 0.05) is 12.6 Å². The Morgan fingerprint density at radius 1 is 1.55 bits per heavy atom. The minimum Gasteiger partial charge on any atom is -0.309 e. The third-order valence-corrected chi connectivity index (χ3v) is 3.21. The average molecular weight is 273 g/mol. The smallest absolute Gasteiger partial charge is 0.213 e. The fourth-order valence-electron chi connectivity index (χ4n) is 2.15. The summed E-state index contributed by atoms with van der Waals surface area (Å²) in [4.78, 5) is 22.9. The van der Waals surface area contributed by atoms with Crippen LogP contribution in [0.15, 0.2) is 33.5 Å². The van der Waals surface area contributed by atoms with Gasteiger partial charge in [-0.25, -0.2) is 4.99 Å².